The Morgan fingerprint density at radius 3 is 2.60 bits per heavy atom. The lowest BCUT2D eigenvalue weighted by atomic mass is 10.1. The Morgan fingerprint density at radius 2 is 1.83 bits per heavy atom. The third-order valence-corrected chi connectivity index (χ3v) is 4.92. The maximum Gasteiger partial charge on any atom is 0.262 e. The van der Waals surface area contributed by atoms with Crippen molar-refractivity contribution in [3.8, 4) is 5.75 Å². The van der Waals surface area contributed by atoms with Crippen LogP contribution in [0.3, 0.4) is 0 Å². The molecule has 2 aliphatic rings. The maximum absolute atomic E-state index is 12.6. The predicted octanol–water partition coefficient (Wildman–Crippen LogP) is 1.67. The number of nitrogens with one attached hydrogen (secondary N) is 3. The van der Waals surface area contributed by atoms with Gasteiger partial charge < -0.3 is 15.4 Å². The summed E-state index contributed by atoms with van der Waals surface area (Å²) in [5.41, 5.74) is 4.80. The Morgan fingerprint density at radius 1 is 1.07 bits per heavy atom. The van der Waals surface area contributed by atoms with Gasteiger partial charge in [-0.25, -0.2) is 5.01 Å². The Bertz CT molecular complexity index is 1030. The van der Waals surface area contributed by atoms with Gasteiger partial charge in [0.2, 0.25) is 11.8 Å². The van der Waals surface area contributed by atoms with Crippen molar-refractivity contribution in [2.45, 2.75) is 25.8 Å². The lowest BCUT2D eigenvalue weighted by Crippen LogP contribution is -2.50. The van der Waals surface area contributed by atoms with Crippen LogP contribution in [0.4, 0.5) is 11.4 Å². The summed E-state index contributed by atoms with van der Waals surface area (Å²) in [4.78, 5) is 47.6. The largest absolute Gasteiger partial charge is 0.482 e. The highest BCUT2D eigenvalue weighted by Gasteiger charge is 2.24. The summed E-state index contributed by atoms with van der Waals surface area (Å²) in [7, 11) is 0. The normalized spacial score (nSPS) is 16.7. The van der Waals surface area contributed by atoms with Gasteiger partial charge in [0.25, 0.3) is 11.8 Å². The number of fused-ring (bicyclic) bond motifs is 1. The molecular weight excluding hydrogens is 388 g/mol. The zero-order chi connectivity index (χ0) is 21.3. The van der Waals surface area contributed by atoms with E-state index in [2.05, 4.69) is 16.1 Å². The molecule has 0 aromatic heterocycles. The summed E-state index contributed by atoms with van der Waals surface area (Å²) in [5, 5.41) is 6.84. The summed E-state index contributed by atoms with van der Waals surface area (Å²) in [6.07, 6.45) is 0.323. The molecule has 2 aliphatic heterocycles. The Kier molecular flexibility index (Phi) is 5.09. The van der Waals surface area contributed by atoms with E-state index in [1.165, 1.54) is 5.01 Å². The second-order valence-corrected chi connectivity index (χ2v) is 7.10. The van der Waals surface area contributed by atoms with Crippen molar-refractivity contribution in [3.05, 3.63) is 53.6 Å². The van der Waals surface area contributed by atoms with E-state index in [1.807, 2.05) is 13.0 Å². The number of carbonyl (C=O) groups excluding carboxylic acids is 4. The van der Waals surface area contributed by atoms with Crippen LogP contribution in [-0.2, 0) is 14.4 Å². The van der Waals surface area contributed by atoms with Crippen LogP contribution in [0.15, 0.2) is 42.5 Å². The van der Waals surface area contributed by atoms with Crippen LogP contribution in [0.25, 0.3) is 0 Å². The molecule has 9 heteroatoms. The van der Waals surface area contributed by atoms with Crippen molar-refractivity contribution in [1.29, 1.82) is 0 Å². The fraction of sp³-hybridized carbons (Fsp3) is 0.238. The van der Waals surface area contributed by atoms with Crippen molar-refractivity contribution in [2.75, 3.05) is 16.9 Å². The molecule has 1 fully saturated rings. The molecule has 4 rings (SSSR count). The SMILES string of the molecule is CC(NC(=O)c1ccc(N2NC(=O)CCC2=O)cc1)c1ccc2c(c1)NC(=O)CO2. The van der Waals surface area contributed by atoms with E-state index in [9.17, 15) is 19.2 Å². The van der Waals surface area contributed by atoms with Gasteiger partial charge in [-0.05, 0) is 48.9 Å². The second kappa shape index (κ2) is 7.86. The van der Waals surface area contributed by atoms with Gasteiger partial charge in [-0.3, -0.25) is 24.6 Å². The lowest BCUT2D eigenvalue weighted by Gasteiger charge is -2.27. The van der Waals surface area contributed by atoms with E-state index in [4.69, 9.17) is 4.74 Å². The highest BCUT2D eigenvalue weighted by molar-refractivity contribution is 6.02. The number of ether oxygens (including phenoxy) is 1. The maximum atomic E-state index is 12.6. The third-order valence-electron chi connectivity index (χ3n) is 4.92. The summed E-state index contributed by atoms with van der Waals surface area (Å²) < 4.78 is 5.34. The fourth-order valence-corrected chi connectivity index (χ4v) is 3.28. The first kappa shape index (κ1) is 19.4. The molecule has 154 valence electrons. The second-order valence-electron chi connectivity index (χ2n) is 7.10. The minimum Gasteiger partial charge on any atom is -0.482 e. The van der Waals surface area contributed by atoms with E-state index in [0.717, 1.165) is 5.56 Å². The number of carbonyl (C=O) groups is 4. The molecular formula is C21H20N4O5. The number of anilines is 2. The van der Waals surface area contributed by atoms with E-state index in [0.29, 0.717) is 22.7 Å². The van der Waals surface area contributed by atoms with Crippen LogP contribution in [0.5, 0.6) is 5.75 Å². The van der Waals surface area contributed by atoms with Gasteiger partial charge in [-0.2, -0.15) is 0 Å². The molecule has 1 atom stereocenters. The molecule has 1 unspecified atom stereocenters. The van der Waals surface area contributed by atoms with Gasteiger partial charge in [0, 0.05) is 18.4 Å². The van der Waals surface area contributed by atoms with Crippen LogP contribution >= 0.6 is 0 Å². The Hall–Kier alpha value is -3.88. The van der Waals surface area contributed by atoms with Crippen LogP contribution in [-0.4, -0.2) is 30.2 Å². The van der Waals surface area contributed by atoms with Crippen LogP contribution in [0, 0.1) is 0 Å². The lowest BCUT2D eigenvalue weighted by molar-refractivity contribution is -0.130. The van der Waals surface area contributed by atoms with Gasteiger partial charge >= 0.3 is 0 Å². The molecule has 3 N–H and O–H groups in total. The molecule has 30 heavy (non-hydrogen) atoms. The molecule has 0 radical (unpaired) electrons. The van der Waals surface area contributed by atoms with Crippen molar-refractivity contribution in [2.24, 2.45) is 0 Å². The average molecular weight is 408 g/mol. The first-order valence-corrected chi connectivity index (χ1v) is 9.50. The molecule has 2 aromatic rings. The molecule has 0 bridgehead atoms. The number of hydrogen-bond donors (Lipinski definition) is 3. The summed E-state index contributed by atoms with van der Waals surface area (Å²) in [6.45, 7) is 1.82. The topological polar surface area (TPSA) is 117 Å². The minimum atomic E-state index is -0.315. The fourth-order valence-electron chi connectivity index (χ4n) is 3.28. The van der Waals surface area contributed by atoms with E-state index in [1.54, 1.807) is 36.4 Å². The van der Waals surface area contributed by atoms with Crippen LogP contribution < -0.4 is 25.8 Å². The highest BCUT2D eigenvalue weighted by Crippen LogP contribution is 2.30. The van der Waals surface area contributed by atoms with E-state index in [-0.39, 0.29) is 49.1 Å². The van der Waals surface area contributed by atoms with Crippen molar-refractivity contribution < 1.29 is 23.9 Å². The van der Waals surface area contributed by atoms with Crippen molar-refractivity contribution in [1.82, 2.24) is 10.7 Å². The molecule has 0 saturated carbocycles. The summed E-state index contributed by atoms with van der Waals surface area (Å²) in [6, 6.07) is 11.4. The third kappa shape index (κ3) is 3.95. The standard InChI is InChI=1S/C21H20N4O5/c1-12(14-4-7-17-16(10-14)23-19(27)11-30-17)22-21(29)13-2-5-15(6-3-13)25-20(28)9-8-18(26)24-25/h2-7,10,12H,8-9,11H2,1H3,(H,22,29)(H,23,27)(H,24,26). The molecule has 4 amide bonds. The minimum absolute atomic E-state index is 0.0126. The summed E-state index contributed by atoms with van der Waals surface area (Å²) >= 11 is 0. The number of hydrogen-bond acceptors (Lipinski definition) is 5. The number of benzene rings is 2. The van der Waals surface area contributed by atoms with Gasteiger partial charge in [-0.1, -0.05) is 6.07 Å². The smallest absolute Gasteiger partial charge is 0.262 e. The number of nitrogens with zero attached hydrogens (tertiary/aromatic N) is 1. The Balaban J connectivity index is 1.43. The molecule has 0 spiro atoms. The molecule has 2 aromatic carbocycles. The van der Waals surface area contributed by atoms with Gasteiger partial charge in [0.15, 0.2) is 6.61 Å². The number of hydrazine groups is 1. The predicted molar refractivity (Wildman–Crippen MR) is 108 cm³/mol. The number of rotatable bonds is 4. The first-order chi connectivity index (χ1) is 14.4. The zero-order valence-electron chi connectivity index (χ0n) is 16.2. The first-order valence-electron chi connectivity index (χ1n) is 9.50. The van der Waals surface area contributed by atoms with Gasteiger partial charge in [0.1, 0.15) is 5.75 Å². The zero-order valence-corrected chi connectivity index (χ0v) is 16.2. The quantitative estimate of drug-likeness (QED) is 0.712. The van der Waals surface area contributed by atoms with E-state index >= 15 is 0 Å². The molecule has 0 aliphatic carbocycles. The van der Waals surface area contributed by atoms with E-state index < -0.39 is 0 Å². The monoisotopic (exact) mass is 408 g/mol. The van der Waals surface area contributed by atoms with Gasteiger partial charge in [-0.15, -0.1) is 0 Å². The van der Waals surface area contributed by atoms with Crippen LogP contribution in [0.2, 0.25) is 0 Å². The van der Waals surface area contributed by atoms with Crippen molar-refractivity contribution in [3.63, 3.8) is 0 Å². The number of amides is 4. The van der Waals surface area contributed by atoms with Crippen LogP contribution in [0.1, 0.15) is 41.7 Å². The Labute approximate surface area is 172 Å². The molecule has 1 saturated heterocycles. The summed E-state index contributed by atoms with van der Waals surface area (Å²) in [5.74, 6) is -0.353. The highest BCUT2D eigenvalue weighted by atomic mass is 16.5. The van der Waals surface area contributed by atoms with Gasteiger partial charge in [0.05, 0.1) is 17.4 Å². The molecule has 2 heterocycles. The average Bonchev–Trinajstić information content (AvgIpc) is 2.75. The molecule has 9 nitrogen and oxygen atoms in total. The van der Waals surface area contributed by atoms with Crippen molar-refractivity contribution >= 4 is 35.0 Å².